The summed E-state index contributed by atoms with van der Waals surface area (Å²) < 4.78 is 11.7. The summed E-state index contributed by atoms with van der Waals surface area (Å²) in [6, 6.07) is 25.6. The van der Waals surface area contributed by atoms with Gasteiger partial charge in [-0.1, -0.05) is 66.2 Å². The zero-order chi connectivity index (χ0) is 25.1. The number of nitrogens with one attached hydrogen (secondary N) is 1. The van der Waals surface area contributed by atoms with Gasteiger partial charge in [0.05, 0.1) is 17.7 Å². The molecule has 1 amide bonds. The predicted octanol–water partition coefficient (Wildman–Crippen LogP) is 7.28. The molecule has 0 unspecified atom stereocenters. The van der Waals surface area contributed by atoms with Gasteiger partial charge in [0, 0.05) is 5.02 Å². The smallest absolute Gasteiger partial charge is 0.264 e. The molecule has 0 atom stereocenters. The largest absolute Gasteiger partial charge is 0.493 e. The molecule has 1 fully saturated rings. The number of nitrogens with zero attached hydrogens (tertiary/aromatic N) is 1. The Labute approximate surface area is 218 Å². The summed E-state index contributed by atoms with van der Waals surface area (Å²) in [6.45, 7) is 2.35. The van der Waals surface area contributed by atoms with E-state index in [2.05, 4.69) is 34.6 Å². The highest BCUT2D eigenvalue weighted by Gasteiger charge is 2.24. The molecule has 180 valence electrons. The Morgan fingerprint density at radius 3 is 2.67 bits per heavy atom. The van der Waals surface area contributed by atoms with Gasteiger partial charge in [0.15, 0.2) is 16.7 Å². The molecule has 0 aliphatic carbocycles. The van der Waals surface area contributed by atoms with Crippen LogP contribution in [0.25, 0.3) is 16.8 Å². The van der Waals surface area contributed by atoms with E-state index in [0.29, 0.717) is 38.9 Å². The number of amidine groups is 1. The molecule has 0 saturated carbocycles. The van der Waals surface area contributed by atoms with Crippen molar-refractivity contribution in [3.05, 3.63) is 105 Å². The summed E-state index contributed by atoms with van der Waals surface area (Å²) in [7, 11) is 1.60. The van der Waals surface area contributed by atoms with Crippen LogP contribution >= 0.6 is 23.4 Å². The molecule has 36 heavy (non-hydrogen) atoms. The third-order valence-electron chi connectivity index (χ3n) is 5.79. The average Bonchev–Trinajstić information content (AvgIpc) is 3.23. The van der Waals surface area contributed by atoms with Gasteiger partial charge in [0.1, 0.15) is 6.61 Å². The zero-order valence-corrected chi connectivity index (χ0v) is 21.3. The van der Waals surface area contributed by atoms with Crippen LogP contribution in [0.5, 0.6) is 11.5 Å². The number of hydrogen-bond donors (Lipinski definition) is 1. The number of carbonyl (C=O) groups is 1. The molecule has 0 spiro atoms. The number of fused-ring (bicyclic) bond motifs is 1. The van der Waals surface area contributed by atoms with E-state index in [1.54, 1.807) is 13.2 Å². The molecule has 0 aromatic heterocycles. The van der Waals surface area contributed by atoms with Gasteiger partial charge in [-0.05, 0) is 76.5 Å². The van der Waals surface area contributed by atoms with Gasteiger partial charge in [0.25, 0.3) is 5.91 Å². The maximum atomic E-state index is 12.5. The molecule has 5 nitrogen and oxygen atoms in total. The molecule has 1 aliphatic rings. The van der Waals surface area contributed by atoms with E-state index >= 15 is 0 Å². The van der Waals surface area contributed by atoms with Crippen LogP contribution in [0, 0.1) is 6.92 Å². The first-order valence-electron chi connectivity index (χ1n) is 11.3. The molecule has 0 bridgehead atoms. The van der Waals surface area contributed by atoms with E-state index in [0.717, 1.165) is 22.1 Å². The number of methoxy groups -OCH3 is 1. The number of carbonyl (C=O) groups excluding carboxylic acids is 1. The second-order valence-corrected chi connectivity index (χ2v) is 9.69. The predicted molar refractivity (Wildman–Crippen MR) is 148 cm³/mol. The Kier molecular flexibility index (Phi) is 6.98. The minimum Gasteiger partial charge on any atom is -0.493 e. The number of ether oxygens (including phenoxy) is 2. The molecular weight excluding hydrogens is 492 g/mol. The molecule has 7 heteroatoms. The van der Waals surface area contributed by atoms with Crippen molar-refractivity contribution in [3.63, 3.8) is 0 Å². The molecule has 1 aliphatic heterocycles. The quantitative estimate of drug-likeness (QED) is 0.275. The van der Waals surface area contributed by atoms with E-state index in [4.69, 9.17) is 21.1 Å². The van der Waals surface area contributed by atoms with Gasteiger partial charge in [0.2, 0.25) is 0 Å². The monoisotopic (exact) mass is 514 g/mol. The van der Waals surface area contributed by atoms with Gasteiger partial charge in [-0.3, -0.25) is 4.79 Å². The summed E-state index contributed by atoms with van der Waals surface area (Å²) in [5, 5.41) is 6.29. The number of halogens is 1. The molecule has 1 heterocycles. The fraction of sp³-hybridized carbons (Fsp3) is 0.103. The number of aryl methyl sites for hydroxylation is 1. The number of benzene rings is 4. The van der Waals surface area contributed by atoms with Crippen molar-refractivity contribution in [1.82, 2.24) is 5.32 Å². The van der Waals surface area contributed by atoms with E-state index in [9.17, 15) is 4.79 Å². The summed E-state index contributed by atoms with van der Waals surface area (Å²) in [5.74, 6) is 1.03. The maximum Gasteiger partial charge on any atom is 0.264 e. The number of rotatable bonds is 6. The fourth-order valence-electron chi connectivity index (χ4n) is 3.87. The molecule has 1 N–H and O–H groups in total. The van der Waals surface area contributed by atoms with Crippen LogP contribution < -0.4 is 14.8 Å². The average molecular weight is 515 g/mol. The Morgan fingerprint density at radius 1 is 1.00 bits per heavy atom. The Bertz CT molecular complexity index is 1530. The van der Waals surface area contributed by atoms with E-state index in [1.807, 2.05) is 61.5 Å². The first-order chi connectivity index (χ1) is 17.5. The highest BCUT2D eigenvalue weighted by Crippen LogP contribution is 2.33. The van der Waals surface area contributed by atoms with Crippen molar-refractivity contribution >= 4 is 57.0 Å². The number of thioether (sulfide) groups is 1. The van der Waals surface area contributed by atoms with Crippen LogP contribution in [-0.4, -0.2) is 18.2 Å². The van der Waals surface area contributed by atoms with Crippen molar-refractivity contribution in [2.75, 3.05) is 7.11 Å². The summed E-state index contributed by atoms with van der Waals surface area (Å²) in [6.07, 6.45) is 1.81. The van der Waals surface area contributed by atoms with Crippen molar-refractivity contribution in [1.29, 1.82) is 0 Å². The van der Waals surface area contributed by atoms with E-state index in [-0.39, 0.29) is 5.91 Å². The van der Waals surface area contributed by atoms with Crippen LogP contribution in [-0.2, 0) is 11.4 Å². The van der Waals surface area contributed by atoms with Crippen molar-refractivity contribution in [2.24, 2.45) is 4.99 Å². The number of hydrogen-bond acceptors (Lipinski definition) is 5. The Balaban J connectivity index is 1.32. The highest BCUT2D eigenvalue weighted by molar-refractivity contribution is 8.18. The summed E-state index contributed by atoms with van der Waals surface area (Å²) >= 11 is 7.47. The zero-order valence-electron chi connectivity index (χ0n) is 19.7. The Morgan fingerprint density at radius 2 is 1.83 bits per heavy atom. The number of amides is 1. The minimum absolute atomic E-state index is 0.202. The van der Waals surface area contributed by atoms with Crippen LogP contribution in [0.3, 0.4) is 0 Å². The van der Waals surface area contributed by atoms with Gasteiger partial charge < -0.3 is 14.8 Å². The lowest BCUT2D eigenvalue weighted by Crippen LogP contribution is -2.19. The standard InChI is InChI=1S/C29H23ClN2O3S/c1-18-10-12-22(16-24(18)30)31-29-32-28(33)27(36-29)15-19-11-13-25(26(14-19)34-2)35-17-21-8-5-7-20-6-3-4-9-23(20)21/h3-16H,17H2,1-2H3,(H,31,32,33)/b27-15-. The molecule has 0 radical (unpaired) electrons. The molecule has 4 aromatic carbocycles. The molecule has 4 aromatic rings. The van der Waals surface area contributed by atoms with Gasteiger partial charge in [-0.25, -0.2) is 4.99 Å². The lowest BCUT2D eigenvalue weighted by atomic mass is 10.1. The lowest BCUT2D eigenvalue weighted by Gasteiger charge is -2.13. The van der Waals surface area contributed by atoms with Gasteiger partial charge in [-0.2, -0.15) is 0 Å². The highest BCUT2D eigenvalue weighted by atomic mass is 35.5. The number of aliphatic imine (C=N–C) groups is 1. The molecule has 1 saturated heterocycles. The molecule has 5 rings (SSSR count). The van der Waals surface area contributed by atoms with Crippen LogP contribution in [0.1, 0.15) is 16.7 Å². The fourth-order valence-corrected chi connectivity index (χ4v) is 4.88. The summed E-state index contributed by atoms with van der Waals surface area (Å²) in [5.41, 5.74) is 3.58. The molecular formula is C29H23ClN2O3S. The van der Waals surface area contributed by atoms with Crippen molar-refractivity contribution in [2.45, 2.75) is 13.5 Å². The third kappa shape index (κ3) is 5.25. The SMILES string of the molecule is COc1cc(/C=C2\SC(=Nc3ccc(C)c(Cl)c3)NC2=O)ccc1OCc1cccc2ccccc12. The van der Waals surface area contributed by atoms with Crippen LogP contribution in [0.2, 0.25) is 5.02 Å². The first kappa shape index (κ1) is 24.0. The maximum absolute atomic E-state index is 12.5. The van der Waals surface area contributed by atoms with Crippen molar-refractivity contribution < 1.29 is 14.3 Å². The van der Waals surface area contributed by atoms with Gasteiger partial charge in [-0.15, -0.1) is 0 Å². The Hall–Kier alpha value is -3.74. The van der Waals surface area contributed by atoms with Crippen molar-refractivity contribution in [3.8, 4) is 11.5 Å². The summed E-state index contributed by atoms with van der Waals surface area (Å²) in [4.78, 5) is 17.6. The normalized spacial score (nSPS) is 15.5. The second-order valence-electron chi connectivity index (χ2n) is 8.25. The first-order valence-corrected chi connectivity index (χ1v) is 12.5. The second kappa shape index (κ2) is 10.5. The van der Waals surface area contributed by atoms with Crippen LogP contribution in [0.15, 0.2) is 88.8 Å². The van der Waals surface area contributed by atoms with E-state index in [1.165, 1.54) is 17.1 Å². The third-order valence-corrected chi connectivity index (χ3v) is 7.10. The lowest BCUT2D eigenvalue weighted by molar-refractivity contribution is -0.115. The van der Waals surface area contributed by atoms with Crippen LogP contribution in [0.4, 0.5) is 5.69 Å². The van der Waals surface area contributed by atoms with E-state index < -0.39 is 0 Å². The van der Waals surface area contributed by atoms with Gasteiger partial charge >= 0.3 is 0 Å². The topological polar surface area (TPSA) is 59.9 Å². The minimum atomic E-state index is -0.202.